The highest BCUT2D eigenvalue weighted by Crippen LogP contribution is 2.32. The van der Waals surface area contributed by atoms with E-state index >= 15 is 0 Å². The molecule has 0 aliphatic carbocycles. The molecule has 1 aromatic carbocycles. The average molecular weight is 275 g/mol. The standard InChI is InChI=1S/C19H19N2/c1-20-12-5-9-18(20)15-6-4-7-16(14-15)19-11-10-17-8-2-3-13-21(17)19/h2-4,6-8,10,13-14,18H,5,9,12H2,1H3. The van der Waals surface area contributed by atoms with Gasteiger partial charge < -0.3 is 4.40 Å². The number of fused-ring (bicyclic) bond motifs is 1. The molecule has 2 aromatic heterocycles. The van der Waals surface area contributed by atoms with Crippen molar-refractivity contribution < 1.29 is 0 Å². The molecule has 21 heavy (non-hydrogen) atoms. The number of likely N-dealkylation sites (tertiary alicyclic amines) is 1. The Morgan fingerprint density at radius 3 is 2.95 bits per heavy atom. The van der Waals surface area contributed by atoms with Crippen LogP contribution in [0.2, 0.25) is 0 Å². The lowest BCUT2D eigenvalue weighted by molar-refractivity contribution is 0.317. The van der Waals surface area contributed by atoms with E-state index in [1.807, 2.05) is 0 Å². The molecule has 0 bridgehead atoms. The monoisotopic (exact) mass is 275 g/mol. The minimum Gasteiger partial charge on any atom is -0.316 e. The number of hydrogen-bond acceptors (Lipinski definition) is 1. The van der Waals surface area contributed by atoms with Gasteiger partial charge in [-0.1, -0.05) is 24.3 Å². The maximum absolute atomic E-state index is 3.41. The maximum Gasteiger partial charge on any atom is 0.0607 e. The lowest BCUT2D eigenvalue weighted by Crippen LogP contribution is -2.17. The molecule has 0 saturated carbocycles. The fraction of sp³-hybridized carbons (Fsp3) is 0.263. The molecular formula is C19H19N2. The second-order valence-corrected chi connectivity index (χ2v) is 5.90. The van der Waals surface area contributed by atoms with Crippen molar-refractivity contribution in [2.24, 2.45) is 0 Å². The molecular weight excluding hydrogens is 256 g/mol. The summed E-state index contributed by atoms with van der Waals surface area (Å²) in [5.41, 5.74) is 5.01. The van der Waals surface area contributed by atoms with Gasteiger partial charge in [0.15, 0.2) is 0 Å². The van der Waals surface area contributed by atoms with E-state index in [-0.39, 0.29) is 0 Å². The zero-order chi connectivity index (χ0) is 14.2. The Balaban J connectivity index is 1.79. The number of hydrogen-bond donors (Lipinski definition) is 0. The molecule has 3 heterocycles. The lowest BCUT2D eigenvalue weighted by Gasteiger charge is -2.20. The molecule has 1 saturated heterocycles. The summed E-state index contributed by atoms with van der Waals surface area (Å²) < 4.78 is 2.21. The van der Waals surface area contributed by atoms with Crippen molar-refractivity contribution >= 4 is 5.52 Å². The van der Waals surface area contributed by atoms with Gasteiger partial charge in [-0.15, -0.1) is 0 Å². The zero-order valence-electron chi connectivity index (χ0n) is 12.3. The number of rotatable bonds is 2. The number of pyridine rings is 1. The van der Waals surface area contributed by atoms with Crippen molar-refractivity contribution in [1.29, 1.82) is 0 Å². The van der Waals surface area contributed by atoms with Crippen molar-refractivity contribution in [2.45, 2.75) is 18.9 Å². The fourth-order valence-corrected chi connectivity index (χ4v) is 3.44. The van der Waals surface area contributed by atoms with Crippen molar-refractivity contribution in [1.82, 2.24) is 9.30 Å². The third-order valence-corrected chi connectivity index (χ3v) is 4.55. The first-order chi connectivity index (χ1) is 10.3. The Morgan fingerprint density at radius 1 is 1.14 bits per heavy atom. The van der Waals surface area contributed by atoms with Crippen LogP contribution in [0.1, 0.15) is 24.4 Å². The second-order valence-electron chi connectivity index (χ2n) is 5.90. The highest BCUT2D eigenvalue weighted by atomic mass is 15.1. The first kappa shape index (κ1) is 12.7. The molecule has 1 radical (unpaired) electrons. The van der Waals surface area contributed by atoms with E-state index < -0.39 is 0 Å². The van der Waals surface area contributed by atoms with Gasteiger partial charge in [-0.05, 0) is 61.8 Å². The summed E-state index contributed by atoms with van der Waals surface area (Å²) in [5.74, 6) is 0. The lowest BCUT2D eigenvalue weighted by atomic mass is 10.0. The minimum atomic E-state index is 0.566. The fourth-order valence-electron chi connectivity index (χ4n) is 3.44. The molecule has 1 atom stereocenters. The van der Waals surface area contributed by atoms with Gasteiger partial charge in [0.2, 0.25) is 0 Å². The van der Waals surface area contributed by atoms with Crippen molar-refractivity contribution in [3.8, 4) is 11.3 Å². The third kappa shape index (κ3) is 2.16. The van der Waals surface area contributed by atoms with Gasteiger partial charge in [0.25, 0.3) is 0 Å². The van der Waals surface area contributed by atoms with Crippen LogP contribution in [0.4, 0.5) is 0 Å². The Morgan fingerprint density at radius 2 is 2.10 bits per heavy atom. The smallest absolute Gasteiger partial charge is 0.0607 e. The first-order valence-electron chi connectivity index (χ1n) is 7.61. The summed E-state index contributed by atoms with van der Waals surface area (Å²) in [5, 5.41) is 0. The van der Waals surface area contributed by atoms with Gasteiger partial charge in [-0.2, -0.15) is 0 Å². The topological polar surface area (TPSA) is 7.65 Å². The highest BCUT2D eigenvalue weighted by Gasteiger charge is 2.22. The molecule has 2 heteroatoms. The normalized spacial score (nSPS) is 19.4. The molecule has 1 aliphatic heterocycles. The highest BCUT2D eigenvalue weighted by molar-refractivity contribution is 5.67. The summed E-state index contributed by atoms with van der Waals surface area (Å²) >= 11 is 0. The summed E-state index contributed by atoms with van der Waals surface area (Å²) in [7, 11) is 2.23. The first-order valence-corrected chi connectivity index (χ1v) is 7.61. The van der Waals surface area contributed by atoms with Crippen LogP contribution in [0.25, 0.3) is 16.8 Å². The molecule has 0 amide bonds. The molecule has 0 N–H and O–H groups in total. The van der Waals surface area contributed by atoms with Gasteiger partial charge in [-0.25, -0.2) is 0 Å². The van der Waals surface area contributed by atoms with E-state index in [1.165, 1.54) is 36.0 Å². The second kappa shape index (κ2) is 5.05. The summed E-state index contributed by atoms with van der Waals surface area (Å²) in [6.07, 6.45) is 4.67. The Hall–Kier alpha value is -2.06. The van der Waals surface area contributed by atoms with Crippen molar-refractivity contribution in [3.63, 3.8) is 0 Å². The Bertz CT molecular complexity index is 772. The summed E-state index contributed by atoms with van der Waals surface area (Å²) in [6.45, 7) is 1.20. The molecule has 1 aliphatic rings. The van der Waals surface area contributed by atoms with Crippen LogP contribution in [0.3, 0.4) is 0 Å². The Labute approximate surface area is 125 Å². The molecule has 1 unspecified atom stereocenters. The van der Waals surface area contributed by atoms with Crippen LogP contribution in [-0.2, 0) is 0 Å². The number of nitrogens with zero attached hydrogens (tertiary/aromatic N) is 2. The van der Waals surface area contributed by atoms with Gasteiger partial charge >= 0.3 is 0 Å². The van der Waals surface area contributed by atoms with Gasteiger partial charge in [0, 0.05) is 23.8 Å². The third-order valence-electron chi connectivity index (χ3n) is 4.55. The van der Waals surface area contributed by atoms with Gasteiger partial charge in [-0.3, -0.25) is 4.90 Å². The van der Waals surface area contributed by atoms with E-state index in [4.69, 9.17) is 0 Å². The van der Waals surface area contributed by atoms with E-state index in [0.29, 0.717) is 6.04 Å². The van der Waals surface area contributed by atoms with E-state index in [2.05, 4.69) is 77.1 Å². The molecule has 0 spiro atoms. The minimum absolute atomic E-state index is 0.566. The summed E-state index contributed by atoms with van der Waals surface area (Å²) in [6, 6.07) is 21.2. The van der Waals surface area contributed by atoms with Crippen LogP contribution in [-0.4, -0.2) is 22.9 Å². The largest absolute Gasteiger partial charge is 0.316 e. The zero-order valence-corrected chi connectivity index (χ0v) is 12.3. The predicted octanol–water partition coefficient (Wildman–Crippen LogP) is 4.17. The van der Waals surface area contributed by atoms with Crippen LogP contribution < -0.4 is 0 Å². The van der Waals surface area contributed by atoms with Crippen molar-refractivity contribution in [3.05, 3.63) is 66.4 Å². The van der Waals surface area contributed by atoms with Crippen LogP contribution in [0.5, 0.6) is 0 Å². The van der Waals surface area contributed by atoms with Crippen LogP contribution >= 0.6 is 0 Å². The average Bonchev–Trinajstić information content (AvgIpc) is 3.13. The molecule has 2 nitrogen and oxygen atoms in total. The Kier molecular flexibility index (Phi) is 3.04. The SMILES string of the molecule is CN1CCCC1c1cccc(-c2[c]cc3ccccn23)c1. The molecule has 1 fully saturated rings. The number of aromatic nitrogens is 1. The van der Waals surface area contributed by atoms with E-state index in [1.54, 1.807) is 0 Å². The van der Waals surface area contributed by atoms with E-state index in [0.717, 1.165) is 5.69 Å². The predicted molar refractivity (Wildman–Crippen MR) is 86.3 cm³/mol. The maximum atomic E-state index is 3.41. The van der Waals surface area contributed by atoms with E-state index in [9.17, 15) is 0 Å². The van der Waals surface area contributed by atoms with Crippen LogP contribution in [0, 0.1) is 6.07 Å². The van der Waals surface area contributed by atoms with Crippen LogP contribution in [0.15, 0.2) is 54.7 Å². The molecule has 3 aromatic rings. The molecule has 105 valence electrons. The van der Waals surface area contributed by atoms with Gasteiger partial charge in [0.05, 0.1) is 5.69 Å². The quantitative estimate of drug-likeness (QED) is 0.681. The van der Waals surface area contributed by atoms with Crippen molar-refractivity contribution in [2.75, 3.05) is 13.6 Å². The molecule has 4 rings (SSSR count). The number of benzene rings is 1. The summed E-state index contributed by atoms with van der Waals surface area (Å²) in [4.78, 5) is 2.46. The van der Waals surface area contributed by atoms with Gasteiger partial charge in [0.1, 0.15) is 0 Å².